The average molecular weight is 338 g/mol. The summed E-state index contributed by atoms with van der Waals surface area (Å²) in [4.78, 5) is 20.6. The van der Waals surface area contributed by atoms with Crippen molar-refractivity contribution in [3.8, 4) is 0 Å². The van der Waals surface area contributed by atoms with Gasteiger partial charge in [-0.3, -0.25) is 14.7 Å². The van der Waals surface area contributed by atoms with Crippen molar-refractivity contribution in [3.05, 3.63) is 0 Å². The molecule has 1 amide bonds. The minimum absolute atomic E-state index is 0.194. The Hall–Kier alpha value is -1.30. The number of rotatable bonds is 6. The summed E-state index contributed by atoms with van der Waals surface area (Å²) in [6.07, 6.45) is 5.23. The fraction of sp³-hybridized carbons (Fsp3) is 0.889. The Morgan fingerprint density at radius 3 is 2.71 bits per heavy atom. The van der Waals surface area contributed by atoms with Crippen LogP contribution in [0.2, 0.25) is 0 Å². The van der Waals surface area contributed by atoms with Crippen LogP contribution in [0.25, 0.3) is 0 Å². The van der Waals surface area contributed by atoms with Crippen molar-refractivity contribution >= 4 is 11.9 Å². The molecule has 0 bridgehead atoms. The maximum absolute atomic E-state index is 11.2. The smallest absolute Gasteiger partial charge is 0.217 e. The zero-order chi connectivity index (χ0) is 17.5. The third kappa shape index (κ3) is 5.65. The molecule has 3 N–H and O–H groups in total. The Morgan fingerprint density at radius 1 is 1.29 bits per heavy atom. The molecule has 6 heteroatoms. The number of guanidine groups is 1. The fourth-order valence-electron chi connectivity index (χ4n) is 4.09. The summed E-state index contributed by atoms with van der Waals surface area (Å²) in [5, 5.41) is 3.58. The van der Waals surface area contributed by atoms with E-state index in [-0.39, 0.29) is 5.91 Å². The summed E-state index contributed by atoms with van der Waals surface area (Å²) in [5.74, 6) is 1.85. The van der Waals surface area contributed by atoms with Gasteiger partial charge in [0.2, 0.25) is 5.91 Å². The van der Waals surface area contributed by atoms with Crippen LogP contribution < -0.4 is 11.1 Å². The summed E-state index contributed by atoms with van der Waals surface area (Å²) in [7, 11) is 1.85. The molecule has 2 atom stereocenters. The van der Waals surface area contributed by atoms with Gasteiger partial charge in [-0.2, -0.15) is 0 Å². The molecule has 0 spiro atoms. The number of carbonyl (C=O) groups is 1. The molecule has 2 aliphatic rings. The Balaban J connectivity index is 1.84. The van der Waals surface area contributed by atoms with Gasteiger partial charge in [0.25, 0.3) is 0 Å². The lowest BCUT2D eigenvalue weighted by Crippen LogP contribution is -2.50. The van der Waals surface area contributed by atoms with Crippen LogP contribution in [0.5, 0.6) is 0 Å². The highest BCUT2D eigenvalue weighted by Crippen LogP contribution is 2.20. The highest BCUT2D eigenvalue weighted by atomic mass is 16.1. The molecule has 138 valence electrons. The van der Waals surface area contributed by atoms with Gasteiger partial charge in [-0.05, 0) is 44.1 Å². The topological polar surface area (TPSA) is 74.0 Å². The lowest BCUT2D eigenvalue weighted by Gasteiger charge is -2.35. The van der Waals surface area contributed by atoms with Gasteiger partial charge in [0.15, 0.2) is 5.96 Å². The number of nitrogens with one attached hydrogen (secondary N) is 1. The van der Waals surface area contributed by atoms with Crippen LogP contribution in [0.3, 0.4) is 0 Å². The van der Waals surface area contributed by atoms with Crippen LogP contribution in [-0.2, 0) is 4.79 Å². The third-order valence-electron chi connectivity index (χ3n) is 5.11. The number of carbonyl (C=O) groups excluding carboxylic acids is 1. The van der Waals surface area contributed by atoms with Crippen LogP contribution in [-0.4, -0.2) is 67.5 Å². The van der Waals surface area contributed by atoms with E-state index in [1.54, 1.807) is 0 Å². The van der Waals surface area contributed by atoms with E-state index in [0.717, 1.165) is 38.4 Å². The number of likely N-dealkylation sites (tertiary alicyclic amines) is 2. The molecular formula is C18H35N5O. The van der Waals surface area contributed by atoms with Gasteiger partial charge in [-0.25, -0.2) is 0 Å². The molecule has 1 unspecified atom stereocenters. The Bertz CT molecular complexity index is 437. The van der Waals surface area contributed by atoms with Gasteiger partial charge in [-0.1, -0.05) is 13.8 Å². The van der Waals surface area contributed by atoms with Crippen molar-refractivity contribution in [1.82, 2.24) is 15.1 Å². The average Bonchev–Trinajstić information content (AvgIpc) is 2.94. The van der Waals surface area contributed by atoms with Crippen molar-refractivity contribution in [2.75, 3.05) is 39.8 Å². The monoisotopic (exact) mass is 337 g/mol. The molecule has 24 heavy (non-hydrogen) atoms. The van der Waals surface area contributed by atoms with Crippen molar-refractivity contribution in [2.45, 2.75) is 52.0 Å². The first kappa shape index (κ1) is 19.0. The van der Waals surface area contributed by atoms with Gasteiger partial charge in [0.05, 0.1) is 0 Å². The summed E-state index contributed by atoms with van der Waals surface area (Å²) in [6.45, 7) is 9.81. The largest absolute Gasteiger partial charge is 0.370 e. The Kier molecular flexibility index (Phi) is 7.34. The molecule has 0 aromatic carbocycles. The zero-order valence-electron chi connectivity index (χ0n) is 15.6. The zero-order valence-corrected chi connectivity index (χ0v) is 15.6. The van der Waals surface area contributed by atoms with E-state index >= 15 is 0 Å². The third-order valence-corrected chi connectivity index (χ3v) is 5.11. The summed E-state index contributed by atoms with van der Waals surface area (Å²) >= 11 is 0. The van der Waals surface area contributed by atoms with Gasteiger partial charge >= 0.3 is 0 Å². The van der Waals surface area contributed by atoms with E-state index in [4.69, 9.17) is 5.73 Å². The molecule has 0 aliphatic carbocycles. The highest BCUT2D eigenvalue weighted by molar-refractivity contribution is 5.80. The summed E-state index contributed by atoms with van der Waals surface area (Å²) in [6, 6.07) is 0.607. The number of piperidine rings is 1. The number of hydrogen-bond donors (Lipinski definition) is 2. The number of primary amides is 1. The molecule has 2 fully saturated rings. The van der Waals surface area contributed by atoms with Crippen molar-refractivity contribution in [1.29, 1.82) is 0 Å². The molecule has 2 rings (SSSR count). The van der Waals surface area contributed by atoms with Gasteiger partial charge in [-0.15, -0.1) is 0 Å². The number of nitrogens with two attached hydrogens (primary N) is 1. The molecule has 0 saturated carbocycles. The second-order valence-electron chi connectivity index (χ2n) is 7.74. The molecule has 0 radical (unpaired) electrons. The predicted molar refractivity (Wildman–Crippen MR) is 98.9 cm³/mol. The molecule has 0 aromatic rings. The number of hydrogen-bond acceptors (Lipinski definition) is 3. The number of amides is 1. The first-order valence-electron chi connectivity index (χ1n) is 9.47. The Morgan fingerprint density at radius 2 is 2.04 bits per heavy atom. The second-order valence-corrected chi connectivity index (χ2v) is 7.74. The number of nitrogens with zero attached hydrogens (tertiary/aromatic N) is 3. The maximum Gasteiger partial charge on any atom is 0.217 e. The first-order valence-corrected chi connectivity index (χ1v) is 9.47. The van der Waals surface area contributed by atoms with Crippen LogP contribution in [0, 0.1) is 11.8 Å². The van der Waals surface area contributed by atoms with Gasteiger partial charge < -0.3 is 16.0 Å². The van der Waals surface area contributed by atoms with Crippen LogP contribution >= 0.6 is 0 Å². The lowest BCUT2D eigenvalue weighted by atomic mass is 9.95. The van der Waals surface area contributed by atoms with E-state index < -0.39 is 0 Å². The van der Waals surface area contributed by atoms with Crippen LogP contribution in [0.4, 0.5) is 0 Å². The quantitative estimate of drug-likeness (QED) is 0.565. The van der Waals surface area contributed by atoms with E-state index in [1.165, 1.54) is 25.9 Å². The van der Waals surface area contributed by atoms with E-state index in [0.29, 0.717) is 24.3 Å². The minimum Gasteiger partial charge on any atom is -0.370 e. The molecule has 2 heterocycles. The van der Waals surface area contributed by atoms with Gasteiger partial charge in [0, 0.05) is 45.7 Å². The second kappa shape index (κ2) is 9.25. The van der Waals surface area contributed by atoms with Crippen molar-refractivity contribution < 1.29 is 4.79 Å². The molecule has 2 aliphatic heterocycles. The fourth-order valence-corrected chi connectivity index (χ4v) is 4.09. The molecule has 2 saturated heterocycles. The van der Waals surface area contributed by atoms with E-state index in [1.807, 2.05) is 7.05 Å². The molecule has 0 aromatic heterocycles. The van der Waals surface area contributed by atoms with Crippen molar-refractivity contribution in [3.63, 3.8) is 0 Å². The van der Waals surface area contributed by atoms with E-state index in [9.17, 15) is 4.79 Å². The lowest BCUT2D eigenvalue weighted by molar-refractivity contribution is -0.119. The first-order chi connectivity index (χ1) is 11.5. The molecular weight excluding hydrogens is 302 g/mol. The summed E-state index contributed by atoms with van der Waals surface area (Å²) in [5.41, 5.74) is 5.36. The van der Waals surface area contributed by atoms with E-state index in [2.05, 4.69) is 34.0 Å². The maximum atomic E-state index is 11.2. The van der Waals surface area contributed by atoms with Gasteiger partial charge in [0.1, 0.15) is 0 Å². The number of aliphatic imine (C=N–C) groups is 1. The summed E-state index contributed by atoms with van der Waals surface area (Å²) < 4.78 is 0. The Labute approximate surface area is 146 Å². The van der Waals surface area contributed by atoms with Crippen molar-refractivity contribution in [2.24, 2.45) is 22.6 Å². The minimum atomic E-state index is -0.194. The highest BCUT2D eigenvalue weighted by Gasteiger charge is 2.27. The molecule has 6 nitrogen and oxygen atoms in total. The van der Waals surface area contributed by atoms with Crippen LogP contribution in [0.1, 0.15) is 46.0 Å². The SMILES string of the molecule is CN=C(NC[C@H]1CCCN1CC(C)C)N1CCCC(CC(N)=O)C1. The van der Waals surface area contributed by atoms with Crippen LogP contribution in [0.15, 0.2) is 4.99 Å². The normalized spacial score (nSPS) is 26.2. The standard InChI is InChI=1S/C18H35N5O/c1-14(2)12-22-8-5-7-16(22)11-21-18(20-3)23-9-4-6-15(13-23)10-17(19)24/h14-16H,4-13H2,1-3H3,(H2,19,24)(H,20,21)/t15?,16-/m1/s1. The predicted octanol–water partition coefficient (Wildman–Crippen LogP) is 1.27.